The zero-order chi connectivity index (χ0) is 22.4. The van der Waals surface area contributed by atoms with Gasteiger partial charge in [-0.15, -0.1) is 0 Å². The number of hydrogen-bond donors (Lipinski definition) is 1. The normalized spacial score (nSPS) is 14.0. The van der Waals surface area contributed by atoms with Crippen LogP contribution in [-0.2, 0) is 14.8 Å². The molecule has 2 aromatic rings. The summed E-state index contributed by atoms with van der Waals surface area (Å²) in [5, 5.41) is 11.7. The van der Waals surface area contributed by atoms with Gasteiger partial charge in [0.1, 0.15) is 0 Å². The van der Waals surface area contributed by atoms with E-state index >= 15 is 0 Å². The highest BCUT2D eigenvalue weighted by atomic mass is 32.2. The van der Waals surface area contributed by atoms with Gasteiger partial charge in [-0.2, -0.15) is 5.26 Å². The van der Waals surface area contributed by atoms with E-state index < -0.39 is 16.1 Å². The molecule has 3 rings (SSSR count). The maximum Gasteiger partial charge on any atom is 0.411 e. The second-order valence-electron chi connectivity index (χ2n) is 6.87. The van der Waals surface area contributed by atoms with Crippen molar-refractivity contribution < 1.29 is 17.9 Å². The summed E-state index contributed by atoms with van der Waals surface area (Å²) in [7, 11) is -3.85. The van der Waals surface area contributed by atoms with Crippen molar-refractivity contribution in [2.45, 2.75) is 25.2 Å². The maximum atomic E-state index is 13.5. The molecule has 0 unspecified atom stereocenters. The van der Waals surface area contributed by atoms with Crippen LogP contribution in [0.4, 0.5) is 10.5 Å². The van der Waals surface area contributed by atoms with Crippen molar-refractivity contribution in [3.05, 3.63) is 77.4 Å². The number of hydrogen-bond acceptors (Lipinski definition) is 5. The van der Waals surface area contributed by atoms with Crippen LogP contribution in [0.3, 0.4) is 0 Å². The van der Waals surface area contributed by atoms with Crippen LogP contribution in [0, 0.1) is 18.3 Å². The van der Waals surface area contributed by atoms with E-state index in [2.05, 4.69) is 5.32 Å². The third-order valence-corrected chi connectivity index (χ3v) is 6.61. The van der Waals surface area contributed by atoms with Crippen LogP contribution in [0.2, 0.25) is 0 Å². The highest BCUT2D eigenvalue weighted by Crippen LogP contribution is 2.39. The van der Waals surface area contributed by atoms with Gasteiger partial charge in [0.05, 0.1) is 29.0 Å². The first-order valence-electron chi connectivity index (χ1n) is 9.80. The van der Waals surface area contributed by atoms with Gasteiger partial charge in [0.2, 0.25) is 0 Å². The summed E-state index contributed by atoms with van der Waals surface area (Å²) in [6, 6.07) is 15.5. The highest BCUT2D eigenvalue weighted by Gasteiger charge is 2.34. The first kappa shape index (κ1) is 22.1. The topological polar surface area (TPSA) is 99.5 Å². The summed E-state index contributed by atoms with van der Waals surface area (Å²) < 4.78 is 33.3. The van der Waals surface area contributed by atoms with Gasteiger partial charge in [0, 0.05) is 18.2 Å². The fraction of sp³-hybridized carbons (Fsp3) is 0.217. The molecule has 7 nitrogen and oxygen atoms in total. The lowest BCUT2D eigenvalue weighted by Crippen LogP contribution is -2.28. The molecule has 31 heavy (non-hydrogen) atoms. The number of nitrogens with zero attached hydrogens (tertiary/aromatic N) is 2. The van der Waals surface area contributed by atoms with Gasteiger partial charge >= 0.3 is 6.09 Å². The molecule has 0 aromatic heterocycles. The van der Waals surface area contributed by atoms with Gasteiger partial charge in [0.15, 0.2) is 0 Å². The summed E-state index contributed by atoms with van der Waals surface area (Å²) in [6.07, 6.45) is 2.74. The van der Waals surface area contributed by atoms with Crippen LogP contribution in [0.25, 0.3) is 5.70 Å². The number of para-hydroxylation sites is 1. The smallest absolute Gasteiger partial charge is 0.411 e. The van der Waals surface area contributed by atoms with E-state index in [0.717, 1.165) is 5.56 Å². The second kappa shape index (κ2) is 9.49. The number of allylic oxidation sites excluding steroid dienone is 2. The number of nitriles is 1. The molecular formula is C23H23N3O4S. The lowest BCUT2D eigenvalue weighted by molar-refractivity contribution is 0.168. The highest BCUT2D eigenvalue weighted by molar-refractivity contribution is 7.89. The molecule has 160 valence electrons. The number of anilines is 1. The van der Waals surface area contributed by atoms with Gasteiger partial charge in [-0.3, -0.25) is 9.62 Å². The fourth-order valence-electron chi connectivity index (χ4n) is 3.37. The molecule has 2 aromatic carbocycles. The average molecular weight is 438 g/mol. The zero-order valence-electron chi connectivity index (χ0n) is 17.3. The molecule has 8 heteroatoms. The van der Waals surface area contributed by atoms with E-state index in [-0.39, 0.29) is 18.0 Å². The SMILES string of the molecule is CCOC(=O)Nc1ccccc1C1=C(/C=C/C#N)CCN1S(=O)(=O)c1ccc(C)cc1. The van der Waals surface area contributed by atoms with Crippen LogP contribution in [0.5, 0.6) is 0 Å². The summed E-state index contributed by atoms with van der Waals surface area (Å²) in [5.41, 5.74) is 3.03. The molecule has 0 bridgehead atoms. The minimum absolute atomic E-state index is 0.178. The summed E-state index contributed by atoms with van der Waals surface area (Å²) in [4.78, 5) is 12.2. The third-order valence-electron chi connectivity index (χ3n) is 4.80. The Morgan fingerprint density at radius 2 is 1.94 bits per heavy atom. The van der Waals surface area contributed by atoms with Crippen LogP contribution >= 0.6 is 0 Å². The molecular weight excluding hydrogens is 414 g/mol. The molecule has 1 aliphatic heterocycles. The maximum absolute atomic E-state index is 13.5. The van der Waals surface area contributed by atoms with Crippen molar-refractivity contribution in [1.82, 2.24) is 4.31 Å². The first-order chi connectivity index (χ1) is 14.9. The van der Waals surface area contributed by atoms with E-state index in [1.807, 2.05) is 13.0 Å². The molecule has 0 radical (unpaired) electrons. The van der Waals surface area contributed by atoms with Gasteiger partial charge in [0.25, 0.3) is 10.0 Å². The monoisotopic (exact) mass is 437 g/mol. The van der Waals surface area contributed by atoms with Crippen LogP contribution in [-0.4, -0.2) is 32.0 Å². The summed E-state index contributed by atoms with van der Waals surface area (Å²) in [6.45, 7) is 4.02. The Labute approximate surface area is 182 Å². The van der Waals surface area contributed by atoms with Crippen molar-refractivity contribution in [3.63, 3.8) is 0 Å². The quantitative estimate of drug-likeness (QED) is 0.673. The number of nitrogens with one attached hydrogen (secondary N) is 1. The van der Waals surface area contributed by atoms with Gasteiger partial charge in [-0.1, -0.05) is 35.9 Å². The van der Waals surface area contributed by atoms with Crippen molar-refractivity contribution in [2.24, 2.45) is 0 Å². The predicted molar refractivity (Wildman–Crippen MR) is 118 cm³/mol. The number of carbonyl (C=O) groups is 1. The molecule has 0 saturated heterocycles. The summed E-state index contributed by atoms with van der Waals surface area (Å²) >= 11 is 0. The first-order valence-corrected chi connectivity index (χ1v) is 11.2. The predicted octanol–water partition coefficient (Wildman–Crippen LogP) is 4.45. The Morgan fingerprint density at radius 3 is 2.61 bits per heavy atom. The molecule has 1 N–H and O–H groups in total. The standard InChI is InChI=1S/C23H23N3O4S/c1-3-30-23(27)25-21-9-5-4-8-20(21)22-18(7-6-15-24)14-16-26(22)31(28,29)19-12-10-17(2)11-13-19/h4-13H,3,14,16H2,1-2H3,(H,25,27)/b7-6+. The fourth-order valence-corrected chi connectivity index (χ4v) is 4.90. The third kappa shape index (κ3) is 4.78. The number of sulfonamides is 1. The zero-order valence-corrected chi connectivity index (χ0v) is 18.1. The van der Waals surface area contributed by atoms with E-state index in [4.69, 9.17) is 10.00 Å². The molecule has 0 saturated carbocycles. The Bertz CT molecular complexity index is 1180. The average Bonchev–Trinajstić information content (AvgIpc) is 3.17. The van der Waals surface area contributed by atoms with E-state index in [0.29, 0.717) is 28.9 Å². The number of carbonyl (C=O) groups excluding carboxylic acids is 1. The van der Waals surface area contributed by atoms with Gasteiger partial charge in [-0.25, -0.2) is 13.2 Å². The Balaban J connectivity index is 2.13. The number of aryl methyl sites for hydroxylation is 1. The largest absolute Gasteiger partial charge is 0.450 e. The Morgan fingerprint density at radius 1 is 1.23 bits per heavy atom. The molecule has 0 fully saturated rings. The molecule has 0 atom stereocenters. The van der Waals surface area contributed by atoms with Crippen LogP contribution in [0.1, 0.15) is 24.5 Å². The molecule has 0 aliphatic carbocycles. The van der Waals surface area contributed by atoms with E-state index in [1.165, 1.54) is 10.4 Å². The van der Waals surface area contributed by atoms with Crippen molar-refractivity contribution in [1.29, 1.82) is 5.26 Å². The van der Waals surface area contributed by atoms with Crippen LogP contribution in [0.15, 0.2) is 71.2 Å². The molecule has 1 amide bonds. The minimum atomic E-state index is -3.85. The number of benzene rings is 2. The minimum Gasteiger partial charge on any atom is -0.450 e. The lowest BCUT2D eigenvalue weighted by Gasteiger charge is -2.24. The number of amides is 1. The second-order valence-corrected chi connectivity index (χ2v) is 8.73. The Hall–Kier alpha value is -3.57. The molecule has 1 aliphatic rings. The van der Waals surface area contributed by atoms with E-state index in [1.54, 1.807) is 61.5 Å². The summed E-state index contributed by atoms with van der Waals surface area (Å²) in [5.74, 6) is 0. The Kier molecular flexibility index (Phi) is 6.78. The van der Waals surface area contributed by atoms with Crippen molar-refractivity contribution in [3.8, 4) is 6.07 Å². The number of ether oxygens (including phenoxy) is 1. The molecule has 0 spiro atoms. The molecule has 1 heterocycles. The van der Waals surface area contributed by atoms with Gasteiger partial charge in [-0.05, 0) is 50.1 Å². The van der Waals surface area contributed by atoms with Crippen molar-refractivity contribution >= 4 is 27.5 Å². The lowest BCUT2D eigenvalue weighted by atomic mass is 10.0. The van der Waals surface area contributed by atoms with E-state index in [9.17, 15) is 13.2 Å². The number of rotatable bonds is 6. The van der Waals surface area contributed by atoms with Gasteiger partial charge < -0.3 is 4.74 Å². The van der Waals surface area contributed by atoms with Crippen LogP contribution < -0.4 is 5.32 Å². The van der Waals surface area contributed by atoms with Crippen molar-refractivity contribution in [2.75, 3.05) is 18.5 Å².